The smallest absolute Gasteiger partial charge is 0.229 e. The highest BCUT2D eigenvalue weighted by atomic mass is 79.9. The van der Waals surface area contributed by atoms with Crippen LogP contribution in [0.5, 0.6) is 0 Å². The largest absolute Gasteiger partial charge is 0.302 e. The predicted octanol–water partition coefficient (Wildman–Crippen LogP) is 4.15. The van der Waals surface area contributed by atoms with Gasteiger partial charge in [-0.3, -0.25) is 4.79 Å². The Morgan fingerprint density at radius 2 is 2.30 bits per heavy atom. The number of benzene rings is 1. The quantitative estimate of drug-likeness (QED) is 0.899. The van der Waals surface area contributed by atoms with Crippen LogP contribution >= 0.6 is 27.3 Å². The second-order valence-electron chi connectivity index (χ2n) is 5.16. The summed E-state index contributed by atoms with van der Waals surface area (Å²) < 4.78 is 1.13. The topological polar surface area (TPSA) is 42.0 Å². The van der Waals surface area contributed by atoms with E-state index >= 15 is 0 Å². The fraction of sp³-hybridized carbons (Fsp3) is 0.333. The first-order chi connectivity index (χ1) is 9.61. The number of anilines is 1. The molecule has 5 heteroatoms. The van der Waals surface area contributed by atoms with Crippen molar-refractivity contribution in [2.45, 2.75) is 26.2 Å². The minimum absolute atomic E-state index is 0.116. The van der Waals surface area contributed by atoms with Gasteiger partial charge >= 0.3 is 0 Å². The van der Waals surface area contributed by atoms with Crippen LogP contribution in [0, 0.1) is 12.8 Å². The van der Waals surface area contributed by atoms with Gasteiger partial charge in [-0.1, -0.05) is 28.1 Å². The highest BCUT2D eigenvalue weighted by molar-refractivity contribution is 9.10. The third kappa shape index (κ3) is 3.27. The Hall–Kier alpha value is -1.20. The van der Waals surface area contributed by atoms with Gasteiger partial charge in [-0.25, -0.2) is 4.98 Å². The van der Waals surface area contributed by atoms with Crippen molar-refractivity contribution < 1.29 is 4.79 Å². The summed E-state index contributed by atoms with van der Waals surface area (Å²) in [6.07, 6.45) is 4.74. The molecule has 0 bridgehead atoms. The molecule has 1 aliphatic rings. The number of carbonyl (C=O) groups excluding carboxylic acids is 1. The fourth-order valence-electron chi connectivity index (χ4n) is 2.02. The summed E-state index contributed by atoms with van der Waals surface area (Å²) in [5, 5.41) is 3.61. The van der Waals surface area contributed by atoms with Crippen LogP contribution in [0.15, 0.2) is 28.9 Å². The number of hydrogen-bond acceptors (Lipinski definition) is 3. The zero-order valence-corrected chi connectivity index (χ0v) is 13.6. The Morgan fingerprint density at radius 3 is 3.00 bits per heavy atom. The molecule has 1 saturated carbocycles. The third-order valence-corrected chi connectivity index (χ3v) is 5.14. The molecule has 0 saturated heterocycles. The van der Waals surface area contributed by atoms with Gasteiger partial charge in [0, 0.05) is 27.9 Å². The van der Waals surface area contributed by atoms with Gasteiger partial charge in [-0.05, 0) is 37.0 Å². The number of nitrogens with one attached hydrogen (secondary N) is 1. The van der Waals surface area contributed by atoms with E-state index in [9.17, 15) is 4.79 Å². The number of halogens is 1. The maximum Gasteiger partial charge on any atom is 0.229 e. The molecule has 0 aliphatic heterocycles. The maximum absolute atomic E-state index is 11.7. The van der Waals surface area contributed by atoms with Crippen LogP contribution in [0.25, 0.3) is 0 Å². The second-order valence-corrected chi connectivity index (χ2v) is 7.13. The van der Waals surface area contributed by atoms with Crippen molar-refractivity contribution >= 4 is 38.3 Å². The molecule has 20 heavy (non-hydrogen) atoms. The predicted molar refractivity (Wildman–Crippen MR) is 85.2 cm³/mol. The van der Waals surface area contributed by atoms with Gasteiger partial charge in [0.15, 0.2) is 5.13 Å². The van der Waals surface area contributed by atoms with Gasteiger partial charge in [0.2, 0.25) is 5.91 Å². The molecule has 0 radical (unpaired) electrons. The molecular weight excluding hydrogens is 336 g/mol. The molecule has 1 aromatic heterocycles. The van der Waals surface area contributed by atoms with E-state index in [1.54, 1.807) is 11.3 Å². The van der Waals surface area contributed by atoms with Crippen LogP contribution in [0.1, 0.15) is 28.8 Å². The van der Waals surface area contributed by atoms with Crippen LogP contribution in [0.4, 0.5) is 5.13 Å². The molecule has 1 N–H and O–H groups in total. The Bertz CT molecular complexity index is 649. The van der Waals surface area contributed by atoms with E-state index in [2.05, 4.69) is 51.4 Å². The second kappa shape index (κ2) is 5.66. The van der Waals surface area contributed by atoms with E-state index < -0.39 is 0 Å². The van der Waals surface area contributed by atoms with Crippen LogP contribution in [0.3, 0.4) is 0 Å². The van der Waals surface area contributed by atoms with Crippen molar-refractivity contribution in [3.63, 3.8) is 0 Å². The normalized spacial score (nSPS) is 14.3. The monoisotopic (exact) mass is 350 g/mol. The van der Waals surface area contributed by atoms with Crippen molar-refractivity contribution in [1.82, 2.24) is 4.98 Å². The van der Waals surface area contributed by atoms with Crippen molar-refractivity contribution in [3.8, 4) is 0 Å². The minimum Gasteiger partial charge on any atom is -0.302 e. The summed E-state index contributed by atoms with van der Waals surface area (Å²) in [4.78, 5) is 17.1. The molecule has 2 aromatic rings. The third-order valence-electron chi connectivity index (χ3n) is 3.33. The summed E-state index contributed by atoms with van der Waals surface area (Å²) in [5.41, 5.74) is 2.49. The number of carbonyl (C=O) groups is 1. The number of aromatic nitrogens is 1. The number of amides is 1. The van der Waals surface area contributed by atoms with Crippen molar-refractivity contribution in [3.05, 3.63) is 44.9 Å². The zero-order chi connectivity index (χ0) is 14.1. The van der Waals surface area contributed by atoms with Crippen LogP contribution < -0.4 is 5.32 Å². The molecule has 1 aliphatic carbocycles. The average molecular weight is 351 g/mol. The summed E-state index contributed by atoms with van der Waals surface area (Å²) in [6, 6.07) is 6.35. The number of hydrogen-bond donors (Lipinski definition) is 1. The summed E-state index contributed by atoms with van der Waals surface area (Å²) in [5.74, 6) is 0.335. The first kappa shape index (κ1) is 13.8. The lowest BCUT2D eigenvalue weighted by atomic mass is 10.1. The average Bonchev–Trinajstić information content (AvgIpc) is 3.18. The molecule has 0 unspecified atom stereocenters. The molecule has 0 spiro atoms. The fourth-order valence-corrected chi connectivity index (χ4v) is 3.11. The summed E-state index contributed by atoms with van der Waals surface area (Å²) in [6.45, 7) is 2.08. The number of nitrogens with zero attached hydrogens (tertiary/aromatic N) is 1. The Labute approximate surface area is 130 Å². The molecule has 1 heterocycles. The molecule has 3 rings (SSSR count). The van der Waals surface area contributed by atoms with Gasteiger partial charge in [-0.2, -0.15) is 0 Å². The first-order valence-corrected chi connectivity index (χ1v) is 8.23. The van der Waals surface area contributed by atoms with Crippen molar-refractivity contribution in [2.75, 3.05) is 5.32 Å². The van der Waals surface area contributed by atoms with E-state index in [1.807, 2.05) is 6.20 Å². The highest BCUT2D eigenvalue weighted by Crippen LogP contribution is 2.31. The lowest BCUT2D eigenvalue weighted by Crippen LogP contribution is -2.12. The maximum atomic E-state index is 11.7. The van der Waals surface area contributed by atoms with Gasteiger partial charge < -0.3 is 5.32 Å². The van der Waals surface area contributed by atoms with E-state index in [-0.39, 0.29) is 11.8 Å². The lowest BCUT2D eigenvalue weighted by Gasteiger charge is -2.02. The van der Waals surface area contributed by atoms with Crippen molar-refractivity contribution in [1.29, 1.82) is 0 Å². The van der Waals surface area contributed by atoms with E-state index in [0.717, 1.165) is 28.6 Å². The number of thiazole rings is 1. The van der Waals surface area contributed by atoms with Gasteiger partial charge in [0.05, 0.1) is 0 Å². The van der Waals surface area contributed by atoms with E-state index in [4.69, 9.17) is 0 Å². The van der Waals surface area contributed by atoms with E-state index in [1.165, 1.54) is 11.1 Å². The molecule has 3 nitrogen and oxygen atoms in total. The van der Waals surface area contributed by atoms with E-state index in [0.29, 0.717) is 5.13 Å². The molecule has 1 amide bonds. The molecule has 1 fully saturated rings. The molecule has 1 aromatic carbocycles. The zero-order valence-electron chi connectivity index (χ0n) is 11.1. The highest BCUT2D eigenvalue weighted by Gasteiger charge is 2.30. The van der Waals surface area contributed by atoms with Gasteiger partial charge in [-0.15, -0.1) is 11.3 Å². The number of rotatable bonds is 4. The first-order valence-electron chi connectivity index (χ1n) is 6.62. The standard InChI is InChI=1S/C15H15BrN2OS/c1-9-6-10(2-5-13(9)16)7-12-8-17-15(20-12)18-14(19)11-3-4-11/h2,5-6,8,11H,3-4,7H2,1H3,(H,17,18,19). The number of aryl methyl sites for hydroxylation is 1. The lowest BCUT2D eigenvalue weighted by molar-refractivity contribution is -0.117. The molecular formula is C15H15BrN2OS. The van der Waals surface area contributed by atoms with Crippen LogP contribution in [0.2, 0.25) is 0 Å². The van der Waals surface area contributed by atoms with Crippen LogP contribution in [-0.2, 0) is 11.2 Å². The summed E-state index contributed by atoms with van der Waals surface area (Å²) in [7, 11) is 0. The van der Waals surface area contributed by atoms with Gasteiger partial charge in [0.25, 0.3) is 0 Å². The Kier molecular flexibility index (Phi) is 3.89. The Morgan fingerprint density at radius 1 is 1.50 bits per heavy atom. The summed E-state index contributed by atoms with van der Waals surface area (Å²) >= 11 is 5.06. The van der Waals surface area contributed by atoms with Crippen molar-refractivity contribution in [2.24, 2.45) is 5.92 Å². The SMILES string of the molecule is Cc1cc(Cc2cnc(NC(=O)C3CC3)s2)ccc1Br. The Balaban J connectivity index is 1.66. The van der Waals surface area contributed by atoms with Gasteiger partial charge in [0.1, 0.15) is 0 Å². The minimum atomic E-state index is 0.116. The molecule has 0 atom stereocenters. The van der Waals surface area contributed by atoms with Crippen LogP contribution in [-0.4, -0.2) is 10.9 Å². The molecule has 104 valence electrons.